The summed E-state index contributed by atoms with van der Waals surface area (Å²) in [6.45, 7) is 9.01. The average Bonchev–Trinajstić information content (AvgIpc) is 2.89. The van der Waals surface area contributed by atoms with Crippen molar-refractivity contribution in [1.29, 1.82) is 0 Å². The molecule has 0 aromatic heterocycles. The molecule has 1 aliphatic heterocycles. The first-order chi connectivity index (χ1) is 8.27. The molecule has 3 rings (SSSR count). The van der Waals surface area contributed by atoms with Gasteiger partial charge >= 0.3 is 0 Å². The van der Waals surface area contributed by atoms with Gasteiger partial charge in [-0.15, -0.1) is 0 Å². The second-order valence-corrected chi connectivity index (χ2v) is 7.77. The van der Waals surface area contributed by atoms with E-state index in [1.54, 1.807) is 0 Å². The van der Waals surface area contributed by atoms with Crippen LogP contribution in [0.1, 0.15) is 47.0 Å². The van der Waals surface area contributed by atoms with Gasteiger partial charge in [0.2, 0.25) is 0 Å². The topological polar surface area (TPSA) is 53.0 Å². The second kappa shape index (κ2) is 3.50. The first-order valence-electron chi connectivity index (χ1n) is 7.24. The van der Waals surface area contributed by atoms with Crippen LogP contribution in [0, 0.1) is 22.7 Å². The van der Waals surface area contributed by atoms with Gasteiger partial charge in [-0.3, -0.25) is 0 Å². The first-order valence-corrected chi connectivity index (χ1v) is 7.24. The van der Waals surface area contributed by atoms with Crippen LogP contribution in [0.25, 0.3) is 0 Å². The molecular weight excluding hydrogens is 228 g/mol. The molecule has 0 spiro atoms. The van der Waals surface area contributed by atoms with Gasteiger partial charge in [-0.1, -0.05) is 27.2 Å². The molecule has 6 atom stereocenters. The highest BCUT2D eigenvalue weighted by Crippen LogP contribution is 2.67. The van der Waals surface area contributed by atoms with Gasteiger partial charge in [0.1, 0.15) is 11.7 Å². The molecule has 104 valence electrons. The van der Waals surface area contributed by atoms with Gasteiger partial charge in [0.15, 0.2) is 0 Å². The van der Waals surface area contributed by atoms with E-state index >= 15 is 0 Å². The Balaban J connectivity index is 2.05. The fourth-order valence-electron chi connectivity index (χ4n) is 5.52. The molecule has 1 saturated heterocycles. The highest BCUT2D eigenvalue weighted by atomic mass is 16.6. The van der Waals surface area contributed by atoms with Crippen molar-refractivity contribution < 1.29 is 14.9 Å². The van der Waals surface area contributed by atoms with E-state index in [0.717, 1.165) is 12.8 Å². The molecule has 0 aromatic rings. The monoisotopic (exact) mass is 254 g/mol. The van der Waals surface area contributed by atoms with Gasteiger partial charge in [-0.05, 0) is 36.5 Å². The predicted molar refractivity (Wildman–Crippen MR) is 69.1 cm³/mol. The van der Waals surface area contributed by atoms with E-state index in [0.29, 0.717) is 0 Å². The highest BCUT2D eigenvalue weighted by Gasteiger charge is 2.73. The van der Waals surface area contributed by atoms with Crippen LogP contribution in [-0.2, 0) is 4.74 Å². The van der Waals surface area contributed by atoms with Crippen molar-refractivity contribution in [2.24, 2.45) is 22.7 Å². The van der Waals surface area contributed by atoms with E-state index in [-0.39, 0.29) is 47.1 Å². The van der Waals surface area contributed by atoms with Crippen LogP contribution in [0.5, 0.6) is 0 Å². The minimum atomic E-state index is -0.377. The summed E-state index contributed by atoms with van der Waals surface area (Å²) in [6, 6.07) is 0. The molecule has 0 aromatic carbocycles. The molecule has 2 N–H and O–H groups in total. The van der Waals surface area contributed by atoms with Crippen molar-refractivity contribution >= 4 is 0 Å². The van der Waals surface area contributed by atoms with E-state index in [2.05, 4.69) is 27.7 Å². The number of ether oxygens (including phenoxy) is 1. The standard InChI is InChI=1S/C15H26O3/c1-13(2)6-5-7-14(3)9(8-16)15(4)12(18-15)10(17)11(13)14/h9-12,16-17H,5-8H2,1-4H3/t9-,10+,11-,12+,14-,15-/m1/s1. The number of hydrogen-bond acceptors (Lipinski definition) is 3. The maximum atomic E-state index is 10.7. The fraction of sp³-hybridized carbons (Fsp3) is 1.00. The van der Waals surface area contributed by atoms with E-state index in [1.165, 1.54) is 6.42 Å². The van der Waals surface area contributed by atoms with Crippen LogP contribution in [0.4, 0.5) is 0 Å². The molecule has 3 fully saturated rings. The van der Waals surface area contributed by atoms with E-state index in [9.17, 15) is 10.2 Å². The van der Waals surface area contributed by atoms with Gasteiger partial charge in [0.05, 0.1) is 6.10 Å². The third kappa shape index (κ3) is 1.36. The molecule has 18 heavy (non-hydrogen) atoms. The Morgan fingerprint density at radius 2 is 1.83 bits per heavy atom. The van der Waals surface area contributed by atoms with Crippen LogP contribution in [-0.4, -0.2) is 34.6 Å². The van der Waals surface area contributed by atoms with Crippen molar-refractivity contribution in [1.82, 2.24) is 0 Å². The number of aliphatic hydroxyl groups excluding tert-OH is 2. The normalized spacial score (nSPS) is 57.7. The summed E-state index contributed by atoms with van der Waals surface area (Å²) in [7, 11) is 0. The fourth-order valence-corrected chi connectivity index (χ4v) is 5.52. The lowest BCUT2D eigenvalue weighted by molar-refractivity contribution is -0.145. The number of rotatable bonds is 1. The molecule has 3 heteroatoms. The minimum Gasteiger partial charge on any atom is -0.396 e. The summed E-state index contributed by atoms with van der Waals surface area (Å²) in [5.41, 5.74) is -0.169. The molecular formula is C15H26O3. The Bertz CT molecular complexity index is 367. The molecule has 3 aliphatic rings. The SMILES string of the molecule is CC1(C)CCC[C@@]2(C)[C@@H]1[C@H](O)[C@@H]1O[C@]1(C)[C@@H]2CO. The Kier molecular flexibility index (Phi) is 2.51. The van der Waals surface area contributed by atoms with E-state index in [4.69, 9.17) is 4.74 Å². The van der Waals surface area contributed by atoms with Crippen LogP contribution < -0.4 is 0 Å². The van der Waals surface area contributed by atoms with Crippen molar-refractivity contribution in [3.63, 3.8) is 0 Å². The Labute approximate surface area is 110 Å². The third-order valence-electron chi connectivity index (χ3n) is 6.30. The Morgan fingerprint density at radius 1 is 1.17 bits per heavy atom. The molecule has 0 unspecified atom stereocenters. The van der Waals surface area contributed by atoms with E-state index in [1.807, 2.05) is 0 Å². The molecule has 3 nitrogen and oxygen atoms in total. The summed E-state index contributed by atoms with van der Waals surface area (Å²) in [5.74, 6) is 0.388. The molecule has 1 heterocycles. The maximum Gasteiger partial charge on any atom is 0.114 e. The van der Waals surface area contributed by atoms with Crippen molar-refractivity contribution in [2.75, 3.05) is 6.61 Å². The van der Waals surface area contributed by atoms with Gasteiger partial charge < -0.3 is 14.9 Å². The average molecular weight is 254 g/mol. The zero-order chi connectivity index (χ0) is 13.3. The summed E-state index contributed by atoms with van der Waals surface area (Å²) >= 11 is 0. The van der Waals surface area contributed by atoms with Gasteiger partial charge in [-0.25, -0.2) is 0 Å². The maximum absolute atomic E-state index is 10.7. The predicted octanol–water partition coefficient (Wildman–Crippen LogP) is 1.96. The van der Waals surface area contributed by atoms with Gasteiger partial charge in [0, 0.05) is 12.5 Å². The lowest BCUT2D eigenvalue weighted by Crippen LogP contribution is -2.61. The number of aliphatic hydroxyl groups is 2. The number of epoxide rings is 1. The lowest BCUT2D eigenvalue weighted by atomic mass is 9.46. The van der Waals surface area contributed by atoms with E-state index < -0.39 is 0 Å². The van der Waals surface area contributed by atoms with Crippen molar-refractivity contribution in [3.8, 4) is 0 Å². The van der Waals surface area contributed by atoms with Gasteiger partial charge in [-0.2, -0.15) is 0 Å². The smallest absolute Gasteiger partial charge is 0.114 e. The largest absolute Gasteiger partial charge is 0.396 e. The molecule has 2 aliphatic carbocycles. The zero-order valence-corrected chi connectivity index (χ0v) is 11.9. The third-order valence-corrected chi connectivity index (χ3v) is 6.30. The second-order valence-electron chi connectivity index (χ2n) is 7.77. The van der Waals surface area contributed by atoms with Crippen LogP contribution in [0.3, 0.4) is 0 Å². The molecule has 0 amide bonds. The van der Waals surface area contributed by atoms with Crippen LogP contribution in [0.15, 0.2) is 0 Å². The number of hydrogen-bond donors (Lipinski definition) is 2. The Morgan fingerprint density at radius 3 is 2.44 bits per heavy atom. The molecule has 0 radical (unpaired) electrons. The van der Waals surface area contributed by atoms with Crippen LogP contribution >= 0.6 is 0 Å². The summed E-state index contributed by atoms with van der Waals surface area (Å²) in [6.07, 6.45) is 2.99. The Hall–Kier alpha value is -0.120. The number of fused-ring (bicyclic) bond motifs is 2. The first kappa shape index (κ1) is 12.9. The lowest BCUT2D eigenvalue weighted by Gasteiger charge is -2.58. The van der Waals surface area contributed by atoms with Gasteiger partial charge in [0.25, 0.3) is 0 Å². The van der Waals surface area contributed by atoms with Crippen molar-refractivity contribution in [2.45, 2.75) is 64.8 Å². The van der Waals surface area contributed by atoms with Crippen molar-refractivity contribution in [3.05, 3.63) is 0 Å². The minimum absolute atomic E-state index is 0.00231. The summed E-state index contributed by atoms with van der Waals surface area (Å²) in [4.78, 5) is 0. The van der Waals surface area contributed by atoms with Crippen LogP contribution in [0.2, 0.25) is 0 Å². The molecule has 0 bridgehead atoms. The summed E-state index contributed by atoms with van der Waals surface area (Å²) < 4.78 is 5.82. The highest BCUT2D eigenvalue weighted by molar-refractivity contribution is 5.21. The zero-order valence-electron chi connectivity index (χ0n) is 11.9. The quantitative estimate of drug-likeness (QED) is 0.703. The molecule has 2 saturated carbocycles. The summed E-state index contributed by atoms with van der Waals surface area (Å²) in [5, 5.41) is 20.5.